The zero-order valence-corrected chi connectivity index (χ0v) is 31.8. The summed E-state index contributed by atoms with van der Waals surface area (Å²) < 4.78 is 5.61. The summed E-state index contributed by atoms with van der Waals surface area (Å²) >= 11 is -1.94. The van der Waals surface area contributed by atoms with Gasteiger partial charge in [-0.2, -0.15) is 0 Å². The van der Waals surface area contributed by atoms with E-state index in [0.717, 1.165) is 0 Å². The minimum absolute atomic E-state index is 0.0133. The molecule has 41 heavy (non-hydrogen) atoms. The van der Waals surface area contributed by atoms with E-state index < -0.39 is 24.7 Å². The van der Waals surface area contributed by atoms with Crippen LogP contribution >= 0.6 is 40.1 Å². The van der Waals surface area contributed by atoms with Crippen molar-refractivity contribution in [1.29, 1.82) is 0 Å². The van der Waals surface area contributed by atoms with E-state index in [9.17, 15) is 0 Å². The van der Waals surface area contributed by atoms with Crippen molar-refractivity contribution in [3.05, 3.63) is 95.8 Å². The molecule has 2 aromatic rings. The molecule has 8 heteroatoms. The molecule has 2 fully saturated rings. The van der Waals surface area contributed by atoms with Crippen LogP contribution in [0.15, 0.2) is 84.6 Å². The van der Waals surface area contributed by atoms with Crippen molar-refractivity contribution >= 4 is 90.6 Å². The molecule has 2 nitrogen and oxygen atoms in total. The fourth-order valence-corrected chi connectivity index (χ4v) is 34.5. The van der Waals surface area contributed by atoms with Gasteiger partial charge in [0.25, 0.3) is 0 Å². The number of allylic oxidation sites excluding steroid dienone is 8. The van der Waals surface area contributed by atoms with E-state index in [-0.39, 0.29) is 10.8 Å². The van der Waals surface area contributed by atoms with Crippen LogP contribution in [-0.4, -0.2) is 72.1 Å². The Morgan fingerprint density at radius 2 is 1.29 bits per heavy atom. The topological polar surface area (TPSA) is 6.25 Å². The number of hydrogen-bond acceptors (Lipinski definition) is 5. The van der Waals surface area contributed by atoms with Gasteiger partial charge in [0.05, 0.1) is 0 Å². The predicted octanol–water partition coefficient (Wildman–Crippen LogP) is 7.02. The van der Waals surface area contributed by atoms with Crippen LogP contribution in [0.1, 0.15) is 38.8 Å². The first kappa shape index (κ1) is 30.4. The molecule has 0 radical (unpaired) electrons. The van der Waals surface area contributed by atoms with Crippen molar-refractivity contribution in [2.24, 2.45) is 0 Å². The fourth-order valence-electron chi connectivity index (χ4n) is 6.21. The number of likely N-dealkylation sites (N-methyl/N-ethyl adjacent to an activating group) is 1. The third-order valence-electron chi connectivity index (χ3n) is 8.41. The van der Waals surface area contributed by atoms with Crippen LogP contribution in [0.25, 0.3) is 0 Å². The molecule has 0 saturated carbocycles. The van der Waals surface area contributed by atoms with Gasteiger partial charge in [-0.15, -0.1) is 0 Å². The van der Waals surface area contributed by atoms with E-state index in [0.29, 0.717) is 0 Å². The van der Waals surface area contributed by atoms with Crippen molar-refractivity contribution < 1.29 is 4.58 Å². The quantitative estimate of drug-likeness (QED) is 0.178. The Morgan fingerprint density at radius 1 is 0.732 bits per heavy atom. The second kappa shape index (κ2) is 12.4. The Hall–Kier alpha value is -0.613. The molecule has 4 aliphatic rings. The summed E-state index contributed by atoms with van der Waals surface area (Å²) in [7, 11) is 13.3. The van der Waals surface area contributed by atoms with Crippen molar-refractivity contribution in [1.82, 2.24) is 0 Å². The molecular weight excluding hydrogens is 702 g/mol. The zero-order valence-electron chi connectivity index (χ0n) is 24.8. The van der Waals surface area contributed by atoms with E-state index >= 15 is 0 Å². The maximum atomic E-state index is 2.53. The van der Waals surface area contributed by atoms with Gasteiger partial charge in [-0.25, -0.2) is 0 Å². The SMILES string of the molecule is CN1C(=CC=CC=CC=CC2=[N+](C)c3ccc([As]4SCCS4)cc3C2(C)C)C(C)(C)c2cc([As]3SCCS3)ccc21. The summed E-state index contributed by atoms with van der Waals surface area (Å²) in [6, 6.07) is 14.6. The van der Waals surface area contributed by atoms with Gasteiger partial charge in [0.15, 0.2) is 0 Å². The Labute approximate surface area is 269 Å². The summed E-state index contributed by atoms with van der Waals surface area (Å²) in [6.07, 6.45) is 15.5. The van der Waals surface area contributed by atoms with E-state index in [1.807, 2.05) is 0 Å². The van der Waals surface area contributed by atoms with Crippen molar-refractivity contribution in [2.75, 3.05) is 42.0 Å². The Balaban J connectivity index is 1.13. The Bertz CT molecular complexity index is 1490. The number of anilines is 1. The number of benzene rings is 2. The molecule has 4 heterocycles. The van der Waals surface area contributed by atoms with Gasteiger partial charge in [-0.05, 0) is 0 Å². The van der Waals surface area contributed by atoms with E-state index in [1.54, 1.807) is 8.70 Å². The van der Waals surface area contributed by atoms with Crippen molar-refractivity contribution in [3.8, 4) is 0 Å². The molecule has 0 spiro atoms. The van der Waals surface area contributed by atoms with Crippen molar-refractivity contribution in [3.63, 3.8) is 0 Å². The maximum absolute atomic E-state index is 2.53. The van der Waals surface area contributed by atoms with Gasteiger partial charge < -0.3 is 0 Å². The fraction of sp³-hybridized carbons (Fsp3) is 0.364. The van der Waals surface area contributed by atoms with E-state index in [1.165, 1.54) is 56.9 Å². The van der Waals surface area contributed by atoms with Crippen LogP contribution in [0.5, 0.6) is 0 Å². The minimum atomic E-state index is -0.970. The molecule has 0 atom stereocenters. The molecule has 0 amide bonds. The predicted molar refractivity (Wildman–Crippen MR) is 194 cm³/mol. The first-order valence-corrected chi connectivity index (χ1v) is 29.0. The third kappa shape index (κ3) is 5.80. The molecule has 2 aromatic carbocycles. The second-order valence-corrected chi connectivity index (χ2v) is 35.2. The van der Waals surface area contributed by atoms with Crippen LogP contribution in [-0.2, 0) is 10.8 Å². The summed E-state index contributed by atoms with van der Waals surface area (Å²) in [5, 5.41) is 0. The van der Waals surface area contributed by atoms with Gasteiger partial charge in [0.2, 0.25) is 0 Å². The zero-order chi connectivity index (χ0) is 28.8. The van der Waals surface area contributed by atoms with Crippen LogP contribution in [0.4, 0.5) is 11.4 Å². The molecule has 0 aliphatic carbocycles. The number of rotatable bonds is 6. The van der Waals surface area contributed by atoms with Gasteiger partial charge in [0.1, 0.15) is 0 Å². The molecule has 0 aromatic heterocycles. The summed E-state index contributed by atoms with van der Waals surface area (Å²) in [5.41, 5.74) is 8.43. The summed E-state index contributed by atoms with van der Waals surface area (Å²) in [4.78, 5) is 2.38. The average Bonchev–Trinajstić information content (AvgIpc) is 3.75. The van der Waals surface area contributed by atoms with Crippen LogP contribution < -0.4 is 13.6 Å². The molecule has 6 rings (SSSR count). The van der Waals surface area contributed by atoms with E-state index in [4.69, 9.17) is 0 Å². The molecule has 214 valence electrons. The first-order valence-electron chi connectivity index (χ1n) is 14.2. The molecular formula is C33H39As2N2S4+. The number of hydrogen-bond donors (Lipinski definition) is 0. The molecule has 0 bridgehead atoms. The van der Waals surface area contributed by atoms with Gasteiger partial charge >= 0.3 is 271 Å². The van der Waals surface area contributed by atoms with Gasteiger partial charge in [-0.1, -0.05) is 0 Å². The van der Waals surface area contributed by atoms with Gasteiger partial charge in [-0.3, -0.25) is 0 Å². The summed E-state index contributed by atoms with van der Waals surface area (Å²) in [6.45, 7) is 9.50. The Morgan fingerprint density at radius 3 is 1.95 bits per heavy atom. The normalized spacial score (nSPS) is 23.4. The van der Waals surface area contributed by atoms with Gasteiger partial charge in [0, 0.05) is 0 Å². The van der Waals surface area contributed by atoms with E-state index in [2.05, 4.69) is 170 Å². The molecule has 4 aliphatic heterocycles. The standard InChI is InChI=1S/C33H39As2N2S4/c1-32(2)26-22-24(34-38-18-19-39-34)14-16-28(26)36(5)30(32)12-10-8-7-9-11-13-31-33(3,4)27-23-25(35-40-20-21-41-35)15-17-29(27)37(31)6/h7-17,22-23H,18-21H2,1-6H3/q+1. The molecule has 2 saturated heterocycles. The monoisotopic (exact) mass is 741 g/mol. The average molecular weight is 742 g/mol. The number of fused-ring (bicyclic) bond motifs is 2. The van der Waals surface area contributed by atoms with Crippen LogP contribution in [0.3, 0.4) is 0 Å². The Kier molecular flexibility index (Phi) is 9.21. The summed E-state index contributed by atoms with van der Waals surface area (Å²) in [5.74, 6) is 5.30. The second-order valence-electron chi connectivity index (χ2n) is 11.7. The van der Waals surface area contributed by atoms with Crippen LogP contribution in [0, 0.1) is 0 Å². The third-order valence-corrected chi connectivity index (χ3v) is 35.8. The number of nitrogens with zero attached hydrogens (tertiary/aromatic N) is 2. The molecule has 0 N–H and O–H groups in total. The van der Waals surface area contributed by atoms with Crippen molar-refractivity contribution in [2.45, 2.75) is 38.5 Å². The first-order chi connectivity index (χ1) is 19.7. The molecule has 0 unspecified atom stereocenters. The van der Waals surface area contributed by atoms with Crippen LogP contribution in [0.2, 0.25) is 0 Å².